The lowest BCUT2D eigenvalue weighted by Crippen LogP contribution is -2.37. The highest BCUT2D eigenvalue weighted by atomic mass is 16.5. The van der Waals surface area contributed by atoms with Crippen molar-refractivity contribution in [3.8, 4) is 0 Å². The molecule has 1 aromatic heterocycles. The van der Waals surface area contributed by atoms with Gasteiger partial charge in [0.2, 0.25) is 5.91 Å². The quantitative estimate of drug-likeness (QED) is 0.683. The van der Waals surface area contributed by atoms with Gasteiger partial charge in [0.05, 0.1) is 6.61 Å². The first kappa shape index (κ1) is 12.4. The van der Waals surface area contributed by atoms with Crippen molar-refractivity contribution in [2.24, 2.45) is 0 Å². The second kappa shape index (κ2) is 6.02. The molecule has 1 amide bonds. The third-order valence-corrected chi connectivity index (χ3v) is 1.99. The molecule has 0 aliphatic carbocycles. The minimum absolute atomic E-state index is 0.0549. The smallest absolute Gasteiger partial charge is 0.240 e. The first-order valence-electron chi connectivity index (χ1n) is 4.92. The van der Waals surface area contributed by atoms with E-state index in [4.69, 9.17) is 4.74 Å². The Balaban J connectivity index is 2.48. The summed E-state index contributed by atoms with van der Waals surface area (Å²) in [7, 11) is 1.57. The molecule has 0 bridgehead atoms. The number of imidazole rings is 1. The first-order valence-corrected chi connectivity index (χ1v) is 4.92. The van der Waals surface area contributed by atoms with Gasteiger partial charge in [-0.2, -0.15) is 0 Å². The number of methoxy groups -OCH3 is 1. The van der Waals surface area contributed by atoms with Crippen LogP contribution in [0.1, 0.15) is 17.5 Å². The van der Waals surface area contributed by atoms with Crippen molar-refractivity contribution in [3.05, 3.63) is 18.2 Å². The lowest BCUT2D eigenvalue weighted by Gasteiger charge is -2.13. The van der Waals surface area contributed by atoms with Crippen LogP contribution in [0.25, 0.3) is 0 Å². The van der Waals surface area contributed by atoms with Gasteiger partial charge in [-0.25, -0.2) is 4.98 Å². The summed E-state index contributed by atoms with van der Waals surface area (Å²) in [6, 6.07) is -0.0549. The molecule has 0 aliphatic rings. The van der Waals surface area contributed by atoms with Crippen LogP contribution in [0.2, 0.25) is 0 Å². The summed E-state index contributed by atoms with van der Waals surface area (Å²) >= 11 is 0. The summed E-state index contributed by atoms with van der Waals surface area (Å²) in [5.41, 5.74) is 0. The molecule has 1 atom stereocenters. The molecule has 6 nitrogen and oxygen atoms in total. The van der Waals surface area contributed by atoms with Gasteiger partial charge in [0, 0.05) is 25.5 Å². The molecule has 0 saturated carbocycles. The van der Waals surface area contributed by atoms with Gasteiger partial charge in [0.25, 0.3) is 0 Å². The maximum Gasteiger partial charge on any atom is 0.240 e. The van der Waals surface area contributed by atoms with Crippen LogP contribution in [0.5, 0.6) is 0 Å². The predicted octanol–water partition coefficient (Wildman–Crippen LogP) is -0.153. The summed E-state index contributed by atoms with van der Waals surface area (Å²) in [6.45, 7) is 2.38. The predicted molar refractivity (Wildman–Crippen MR) is 57.1 cm³/mol. The Labute approximate surface area is 93.6 Å². The second-order valence-corrected chi connectivity index (χ2v) is 3.46. The van der Waals surface area contributed by atoms with E-state index in [0.717, 1.165) is 0 Å². The first-order chi connectivity index (χ1) is 7.67. The fourth-order valence-electron chi connectivity index (χ4n) is 1.34. The van der Waals surface area contributed by atoms with Crippen molar-refractivity contribution in [2.45, 2.75) is 19.5 Å². The molecule has 88 valence electrons. The zero-order chi connectivity index (χ0) is 12.0. The van der Waals surface area contributed by atoms with Crippen molar-refractivity contribution < 1.29 is 14.3 Å². The number of nitrogens with zero attached hydrogens (tertiary/aromatic N) is 2. The molecule has 0 radical (unpaired) electrons. The van der Waals surface area contributed by atoms with Gasteiger partial charge < -0.3 is 14.6 Å². The molecule has 1 aromatic rings. The Morgan fingerprint density at radius 2 is 2.50 bits per heavy atom. The highest BCUT2D eigenvalue weighted by Gasteiger charge is 2.09. The molecule has 0 aromatic carbocycles. The third-order valence-electron chi connectivity index (χ3n) is 1.99. The average molecular weight is 225 g/mol. The van der Waals surface area contributed by atoms with Crippen molar-refractivity contribution in [1.82, 2.24) is 14.9 Å². The van der Waals surface area contributed by atoms with Crippen molar-refractivity contribution in [2.75, 3.05) is 13.7 Å². The minimum atomic E-state index is -0.175. The van der Waals surface area contributed by atoms with Gasteiger partial charge in [-0.05, 0) is 6.92 Å². The normalized spacial score (nSPS) is 12.1. The van der Waals surface area contributed by atoms with E-state index in [0.29, 0.717) is 12.9 Å². The molecule has 0 fully saturated rings. The van der Waals surface area contributed by atoms with E-state index < -0.39 is 0 Å². The topological polar surface area (TPSA) is 73.2 Å². The average Bonchev–Trinajstić information content (AvgIpc) is 2.65. The van der Waals surface area contributed by atoms with Gasteiger partial charge >= 0.3 is 0 Å². The van der Waals surface area contributed by atoms with Gasteiger partial charge in [-0.15, -0.1) is 0 Å². The maximum absolute atomic E-state index is 11.5. The Bertz CT molecular complexity index is 362. The van der Waals surface area contributed by atoms with Crippen molar-refractivity contribution >= 4 is 12.2 Å². The Hall–Kier alpha value is -1.69. The van der Waals surface area contributed by atoms with Crippen LogP contribution in [0.4, 0.5) is 0 Å². The molecule has 1 heterocycles. The molecule has 0 spiro atoms. The van der Waals surface area contributed by atoms with Gasteiger partial charge in [-0.3, -0.25) is 9.59 Å². The van der Waals surface area contributed by atoms with E-state index in [2.05, 4.69) is 10.3 Å². The summed E-state index contributed by atoms with van der Waals surface area (Å²) in [4.78, 5) is 25.9. The summed E-state index contributed by atoms with van der Waals surface area (Å²) in [6.07, 6.45) is 3.69. The van der Waals surface area contributed by atoms with E-state index in [1.165, 1.54) is 10.8 Å². The van der Waals surface area contributed by atoms with Crippen LogP contribution in [0, 0.1) is 0 Å². The number of hydrogen-bond donors (Lipinski definition) is 1. The molecular formula is C10H15N3O3. The highest BCUT2D eigenvalue weighted by molar-refractivity contribution is 5.77. The van der Waals surface area contributed by atoms with Crippen LogP contribution < -0.4 is 5.32 Å². The van der Waals surface area contributed by atoms with Crippen LogP contribution >= 0.6 is 0 Å². The second-order valence-electron chi connectivity index (χ2n) is 3.46. The van der Waals surface area contributed by atoms with Gasteiger partial charge in [0.1, 0.15) is 6.54 Å². The van der Waals surface area contributed by atoms with E-state index in [-0.39, 0.29) is 24.3 Å². The Morgan fingerprint density at radius 1 is 1.75 bits per heavy atom. The van der Waals surface area contributed by atoms with Gasteiger partial charge in [-0.1, -0.05) is 0 Å². The number of nitrogens with one attached hydrogen (secondary N) is 1. The summed E-state index contributed by atoms with van der Waals surface area (Å²) in [5, 5.41) is 2.74. The van der Waals surface area contributed by atoms with Crippen LogP contribution in [-0.4, -0.2) is 41.5 Å². The zero-order valence-electron chi connectivity index (χ0n) is 9.34. The standard InChI is InChI=1S/C10H15N3O3/c1-8(7-16-2)12-10(15)5-13-4-3-11-9(13)6-14/h3-4,6,8H,5,7H2,1-2H3,(H,12,15). The van der Waals surface area contributed by atoms with Crippen molar-refractivity contribution in [3.63, 3.8) is 0 Å². The number of amides is 1. The Morgan fingerprint density at radius 3 is 3.12 bits per heavy atom. The van der Waals surface area contributed by atoms with E-state index >= 15 is 0 Å². The fourth-order valence-corrected chi connectivity index (χ4v) is 1.34. The number of carbonyl (C=O) groups is 2. The van der Waals surface area contributed by atoms with Crippen molar-refractivity contribution in [1.29, 1.82) is 0 Å². The van der Waals surface area contributed by atoms with E-state index in [1.807, 2.05) is 6.92 Å². The molecule has 1 unspecified atom stereocenters. The zero-order valence-corrected chi connectivity index (χ0v) is 9.34. The molecule has 6 heteroatoms. The Kier molecular flexibility index (Phi) is 4.65. The van der Waals surface area contributed by atoms with Crippen LogP contribution in [-0.2, 0) is 16.1 Å². The fraction of sp³-hybridized carbons (Fsp3) is 0.500. The molecule has 16 heavy (non-hydrogen) atoms. The number of ether oxygens (including phenoxy) is 1. The number of aromatic nitrogens is 2. The SMILES string of the molecule is COCC(C)NC(=O)Cn1ccnc1C=O. The summed E-state index contributed by atoms with van der Waals surface area (Å²) < 4.78 is 6.38. The van der Waals surface area contributed by atoms with Gasteiger partial charge in [0.15, 0.2) is 12.1 Å². The van der Waals surface area contributed by atoms with E-state index in [1.54, 1.807) is 13.3 Å². The molecule has 1 N–H and O–H groups in total. The molecule has 0 saturated heterocycles. The minimum Gasteiger partial charge on any atom is -0.383 e. The number of rotatable bonds is 6. The molecule has 1 rings (SSSR count). The van der Waals surface area contributed by atoms with Crippen LogP contribution in [0.15, 0.2) is 12.4 Å². The number of aldehydes is 1. The molecular weight excluding hydrogens is 210 g/mol. The lowest BCUT2D eigenvalue weighted by molar-refractivity contribution is -0.122. The maximum atomic E-state index is 11.5. The lowest BCUT2D eigenvalue weighted by atomic mass is 10.3. The van der Waals surface area contributed by atoms with Crippen LogP contribution in [0.3, 0.4) is 0 Å². The summed E-state index contributed by atoms with van der Waals surface area (Å²) in [5.74, 6) is 0.0696. The highest BCUT2D eigenvalue weighted by Crippen LogP contribution is 1.94. The third kappa shape index (κ3) is 3.47. The number of hydrogen-bond acceptors (Lipinski definition) is 4. The monoisotopic (exact) mass is 225 g/mol. The number of carbonyl (C=O) groups excluding carboxylic acids is 2. The molecule has 0 aliphatic heterocycles. The largest absolute Gasteiger partial charge is 0.383 e. The van der Waals surface area contributed by atoms with E-state index in [9.17, 15) is 9.59 Å².